The molecule has 0 fully saturated rings. The quantitative estimate of drug-likeness (QED) is 0.865. The van der Waals surface area contributed by atoms with Crippen molar-refractivity contribution in [3.8, 4) is 0 Å². The van der Waals surface area contributed by atoms with Gasteiger partial charge in [0.15, 0.2) is 0 Å². The van der Waals surface area contributed by atoms with Crippen LogP contribution >= 0.6 is 11.6 Å². The van der Waals surface area contributed by atoms with E-state index in [9.17, 15) is 9.59 Å². The second kappa shape index (κ2) is 7.11. The normalized spacial score (nSPS) is 11.9. The Morgan fingerprint density at radius 2 is 1.95 bits per heavy atom. The van der Waals surface area contributed by atoms with Crippen molar-refractivity contribution in [1.82, 2.24) is 4.90 Å². The van der Waals surface area contributed by atoms with Crippen molar-refractivity contribution in [2.45, 2.75) is 19.6 Å². The van der Waals surface area contributed by atoms with Gasteiger partial charge in [0.25, 0.3) is 5.91 Å². The van der Waals surface area contributed by atoms with E-state index in [-0.39, 0.29) is 19.0 Å². The molecule has 1 unspecified atom stereocenters. The van der Waals surface area contributed by atoms with Gasteiger partial charge >= 0.3 is 5.97 Å². The minimum absolute atomic E-state index is 0.204. The van der Waals surface area contributed by atoms with Crippen molar-refractivity contribution in [1.29, 1.82) is 0 Å². The van der Waals surface area contributed by atoms with Crippen LogP contribution in [0, 0.1) is 0 Å². The summed E-state index contributed by atoms with van der Waals surface area (Å²) in [5, 5.41) is 9.44. The first kappa shape index (κ1) is 15.5. The van der Waals surface area contributed by atoms with Gasteiger partial charge in [-0.25, -0.2) is 0 Å². The van der Waals surface area contributed by atoms with Crippen LogP contribution in [-0.4, -0.2) is 41.6 Å². The Labute approximate surface area is 116 Å². The minimum Gasteiger partial charge on any atom is -0.480 e. The fraction of sp³-hybridized carbons (Fsp3) is 0.385. The highest BCUT2D eigenvalue weighted by atomic mass is 35.5. The maximum absolute atomic E-state index is 12.0. The van der Waals surface area contributed by atoms with Crippen LogP contribution in [-0.2, 0) is 20.9 Å². The zero-order valence-electron chi connectivity index (χ0n) is 10.8. The molecular weight excluding hydrogens is 270 g/mol. The number of carboxylic acids is 1. The van der Waals surface area contributed by atoms with Crippen LogP contribution in [0.4, 0.5) is 0 Å². The molecule has 0 aliphatic heterocycles. The largest absolute Gasteiger partial charge is 0.480 e. The van der Waals surface area contributed by atoms with Crippen molar-refractivity contribution in [3.63, 3.8) is 0 Å². The van der Waals surface area contributed by atoms with Gasteiger partial charge in [0.05, 0.1) is 0 Å². The number of halogens is 1. The van der Waals surface area contributed by atoms with Gasteiger partial charge in [0.2, 0.25) is 0 Å². The third-order valence-electron chi connectivity index (χ3n) is 2.63. The predicted molar refractivity (Wildman–Crippen MR) is 71.0 cm³/mol. The van der Waals surface area contributed by atoms with Gasteiger partial charge in [-0.3, -0.25) is 9.59 Å². The first-order chi connectivity index (χ1) is 8.93. The van der Waals surface area contributed by atoms with Gasteiger partial charge in [-0.2, -0.15) is 0 Å². The molecule has 0 aromatic heterocycles. The second-order valence-corrected chi connectivity index (χ2v) is 4.53. The maximum atomic E-state index is 12.0. The van der Waals surface area contributed by atoms with E-state index in [1.54, 1.807) is 31.2 Å². The third-order valence-corrected chi connectivity index (χ3v) is 2.88. The SMILES string of the molecule is COC(C)C(=O)N(CC(=O)O)Cc1ccc(Cl)cc1. The number of ether oxygens (including phenoxy) is 1. The Kier molecular flexibility index (Phi) is 5.79. The Hall–Kier alpha value is -1.59. The molecule has 0 heterocycles. The average molecular weight is 286 g/mol. The molecule has 0 spiro atoms. The molecule has 1 N–H and O–H groups in total. The van der Waals surface area contributed by atoms with Crippen LogP contribution in [0.5, 0.6) is 0 Å². The molecule has 0 aliphatic carbocycles. The van der Waals surface area contributed by atoms with Crippen molar-refractivity contribution in [3.05, 3.63) is 34.9 Å². The Balaban J connectivity index is 2.82. The topological polar surface area (TPSA) is 66.8 Å². The molecule has 6 heteroatoms. The van der Waals surface area contributed by atoms with Crippen LogP contribution in [0.25, 0.3) is 0 Å². The molecule has 0 bridgehead atoms. The van der Waals surface area contributed by atoms with Gasteiger partial charge in [-0.1, -0.05) is 23.7 Å². The Morgan fingerprint density at radius 3 is 2.42 bits per heavy atom. The molecule has 19 heavy (non-hydrogen) atoms. The number of carboxylic acid groups (broad SMARTS) is 1. The van der Waals surface area contributed by atoms with E-state index in [1.165, 1.54) is 12.0 Å². The van der Waals surface area contributed by atoms with E-state index in [0.717, 1.165) is 5.56 Å². The molecule has 104 valence electrons. The summed E-state index contributed by atoms with van der Waals surface area (Å²) in [6.07, 6.45) is -0.674. The van der Waals surface area contributed by atoms with Crippen molar-refractivity contribution in [2.24, 2.45) is 0 Å². The number of carbonyl (C=O) groups excluding carboxylic acids is 1. The predicted octanol–water partition coefficient (Wildman–Crippen LogP) is 1.79. The summed E-state index contributed by atoms with van der Waals surface area (Å²) in [6, 6.07) is 6.89. The number of benzene rings is 1. The van der Waals surface area contributed by atoms with E-state index in [0.29, 0.717) is 5.02 Å². The number of methoxy groups -OCH3 is 1. The summed E-state index contributed by atoms with van der Waals surface area (Å²) in [5.74, 6) is -1.43. The van der Waals surface area contributed by atoms with Gasteiger partial charge < -0.3 is 14.7 Å². The van der Waals surface area contributed by atoms with E-state index >= 15 is 0 Å². The smallest absolute Gasteiger partial charge is 0.323 e. The van der Waals surface area contributed by atoms with E-state index < -0.39 is 12.1 Å². The molecule has 1 atom stereocenters. The molecule has 1 aromatic rings. The fourth-order valence-corrected chi connectivity index (χ4v) is 1.67. The lowest BCUT2D eigenvalue weighted by atomic mass is 10.2. The number of hydrogen-bond donors (Lipinski definition) is 1. The lowest BCUT2D eigenvalue weighted by Gasteiger charge is -2.23. The van der Waals surface area contributed by atoms with Crippen molar-refractivity contribution >= 4 is 23.5 Å². The van der Waals surface area contributed by atoms with E-state index in [1.807, 2.05) is 0 Å². The fourth-order valence-electron chi connectivity index (χ4n) is 1.54. The number of carbonyl (C=O) groups is 2. The third kappa shape index (κ3) is 4.89. The van der Waals surface area contributed by atoms with E-state index in [4.69, 9.17) is 21.4 Å². The van der Waals surface area contributed by atoms with Gasteiger partial charge in [-0.15, -0.1) is 0 Å². The zero-order valence-corrected chi connectivity index (χ0v) is 11.6. The summed E-state index contributed by atoms with van der Waals surface area (Å²) in [7, 11) is 1.41. The van der Waals surface area contributed by atoms with E-state index in [2.05, 4.69) is 0 Å². The van der Waals surface area contributed by atoms with Crippen LogP contribution in [0.3, 0.4) is 0 Å². The van der Waals surface area contributed by atoms with Gasteiger partial charge in [-0.05, 0) is 24.6 Å². The Bertz CT molecular complexity index is 446. The number of rotatable bonds is 6. The molecule has 0 saturated heterocycles. The average Bonchev–Trinajstić information content (AvgIpc) is 2.38. The lowest BCUT2D eigenvalue weighted by Crippen LogP contribution is -2.41. The molecule has 1 aromatic carbocycles. The molecule has 1 rings (SSSR count). The standard InChI is InChI=1S/C13H16ClNO4/c1-9(19-2)13(18)15(8-12(16)17)7-10-3-5-11(14)6-4-10/h3-6,9H,7-8H2,1-2H3,(H,16,17). The summed E-state index contributed by atoms with van der Waals surface area (Å²) in [5.41, 5.74) is 0.808. The molecule has 0 radical (unpaired) electrons. The minimum atomic E-state index is -1.06. The van der Waals surface area contributed by atoms with Crippen LogP contribution < -0.4 is 0 Å². The number of hydrogen-bond acceptors (Lipinski definition) is 3. The highest BCUT2D eigenvalue weighted by Gasteiger charge is 2.22. The van der Waals surface area contributed by atoms with Gasteiger partial charge in [0, 0.05) is 18.7 Å². The molecule has 1 amide bonds. The van der Waals surface area contributed by atoms with Gasteiger partial charge in [0.1, 0.15) is 12.6 Å². The number of amides is 1. The lowest BCUT2D eigenvalue weighted by molar-refractivity contribution is -0.149. The summed E-state index contributed by atoms with van der Waals surface area (Å²) in [4.78, 5) is 24.0. The highest BCUT2D eigenvalue weighted by Crippen LogP contribution is 2.12. The molecule has 0 saturated carbocycles. The zero-order chi connectivity index (χ0) is 14.4. The highest BCUT2D eigenvalue weighted by molar-refractivity contribution is 6.30. The van der Waals surface area contributed by atoms with Crippen molar-refractivity contribution < 1.29 is 19.4 Å². The number of aliphatic carboxylic acids is 1. The van der Waals surface area contributed by atoms with Crippen LogP contribution in [0.15, 0.2) is 24.3 Å². The Morgan fingerprint density at radius 1 is 1.37 bits per heavy atom. The molecular formula is C13H16ClNO4. The molecule has 5 nitrogen and oxygen atoms in total. The first-order valence-corrected chi connectivity index (χ1v) is 6.09. The summed E-state index contributed by atoms with van der Waals surface area (Å²) >= 11 is 5.77. The maximum Gasteiger partial charge on any atom is 0.323 e. The monoisotopic (exact) mass is 285 g/mol. The number of nitrogens with zero attached hydrogens (tertiary/aromatic N) is 1. The van der Waals surface area contributed by atoms with Crippen LogP contribution in [0.2, 0.25) is 5.02 Å². The summed E-state index contributed by atoms with van der Waals surface area (Å²) < 4.78 is 4.93. The van der Waals surface area contributed by atoms with Crippen molar-refractivity contribution in [2.75, 3.05) is 13.7 Å². The first-order valence-electron chi connectivity index (χ1n) is 5.72. The molecule has 0 aliphatic rings. The van der Waals surface area contributed by atoms with Crippen LogP contribution in [0.1, 0.15) is 12.5 Å². The second-order valence-electron chi connectivity index (χ2n) is 4.09. The summed E-state index contributed by atoms with van der Waals surface area (Å²) in [6.45, 7) is 1.42.